The van der Waals surface area contributed by atoms with Crippen LogP contribution in [0.2, 0.25) is 0 Å². The Bertz CT molecular complexity index is 284. The molecule has 7 heteroatoms. The quantitative estimate of drug-likeness (QED) is 0.691. The summed E-state index contributed by atoms with van der Waals surface area (Å²) in [5, 5.41) is 11.3. The molecule has 1 amide bonds. The average Bonchev–Trinajstić information content (AvgIpc) is 2.17. The number of carbonyl (C=O) groups is 1. The predicted octanol–water partition coefficient (Wildman–Crippen LogP) is 0.263. The highest BCUT2D eigenvalue weighted by Gasteiger charge is 2.45. The minimum absolute atomic E-state index is 0.00924. The van der Waals surface area contributed by atoms with Gasteiger partial charge in [0.05, 0.1) is 18.5 Å². The van der Waals surface area contributed by atoms with E-state index in [0.717, 1.165) is 4.90 Å². The second-order valence-electron chi connectivity index (χ2n) is 3.22. The van der Waals surface area contributed by atoms with Gasteiger partial charge < -0.3 is 10.2 Å². The number of halogens is 3. The highest BCUT2D eigenvalue weighted by Crippen LogP contribution is 2.21. The summed E-state index contributed by atoms with van der Waals surface area (Å²) in [6, 6.07) is 1.09. The van der Waals surface area contributed by atoms with E-state index in [9.17, 15) is 18.0 Å². The first-order chi connectivity index (χ1) is 6.96. The Morgan fingerprint density at radius 1 is 1.60 bits per heavy atom. The molecule has 0 bridgehead atoms. The Balaban J connectivity index is 2.73. The molecule has 84 valence electrons. The Hall–Kier alpha value is -1.29. The third kappa shape index (κ3) is 2.83. The van der Waals surface area contributed by atoms with Crippen molar-refractivity contribution in [2.24, 2.45) is 0 Å². The molecule has 0 spiro atoms. The largest absolute Gasteiger partial charge is 0.471 e. The van der Waals surface area contributed by atoms with Crippen LogP contribution in [0.5, 0.6) is 0 Å². The van der Waals surface area contributed by atoms with Crippen molar-refractivity contribution < 1.29 is 18.0 Å². The Morgan fingerprint density at radius 3 is 2.80 bits per heavy atom. The molecule has 1 aliphatic rings. The molecule has 0 unspecified atom stereocenters. The molecular weight excluding hydrogens is 211 g/mol. The maximum absolute atomic E-state index is 12.2. The maximum Gasteiger partial charge on any atom is 0.471 e. The van der Waals surface area contributed by atoms with E-state index < -0.39 is 18.1 Å². The summed E-state index contributed by atoms with van der Waals surface area (Å²) in [4.78, 5) is 11.7. The van der Waals surface area contributed by atoms with E-state index in [4.69, 9.17) is 5.26 Å². The molecule has 0 saturated carbocycles. The molecule has 0 aromatic rings. The van der Waals surface area contributed by atoms with Crippen LogP contribution in [0.4, 0.5) is 13.2 Å². The lowest BCUT2D eigenvalue weighted by Crippen LogP contribution is -2.56. The second kappa shape index (κ2) is 4.49. The molecule has 1 aliphatic heterocycles. The highest BCUT2D eigenvalue weighted by molar-refractivity contribution is 5.82. The van der Waals surface area contributed by atoms with Gasteiger partial charge in [-0.15, -0.1) is 0 Å². The molecule has 0 radical (unpaired) electrons. The molecule has 1 heterocycles. The number of rotatable bonds is 1. The van der Waals surface area contributed by atoms with Crippen molar-refractivity contribution in [3.63, 3.8) is 0 Å². The van der Waals surface area contributed by atoms with E-state index in [2.05, 4.69) is 5.32 Å². The number of piperazine rings is 1. The molecule has 0 aromatic carbocycles. The zero-order valence-corrected chi connectivity index (χ0v) is 7.84. The fraction of sp³-hybridized carbons (Fsp3) is 0.750. The highest BCUT2D eigenvalue weighted by atomic mass is 19.4. The molecule has 1 atom stereocenters. The summed E-state index contributed by atoms with van der Waals surface area (Å²) in [5.41, 5.74) is 0. The first-order valence-electron chi connectivity index (χ1n) is 4.42. The van der Waals surface area contributed by atoms with E-state index in [1.807, 2.05) is 0 Å². The van der Waals surface area contributed by atoms with Crippen LogP contribution in [0.15, 0.2) is 0 Å². The lowest BCUT2D eigenvalue weighted by Gasteiger charge is -2.35. The first-order valence-corrected chi connectivity index (χ1v) is 4.42. The normalized spacial score (nSPS) is 22.3. The Labute approximate surface area is 84.6 Å². The van der Waals surface area contributed by atoms with Gasteiger partial charge in [0.2, 0.25) is 0 Å². The molecule has 0 aliphatic carbocycles. The topological polar surface area (TPSA) is 56.1 Å². The smallest absolute Gasteiger partial charge is 0.328 e. The summed E-state index contributed by atoms with van der Waals surface area (Å²) in [6.07, 6.45) is -4.94. The SMILES string of the molecule is N#CC[C@H]1CNCCN1C(=O)C(F)(F)F. The van der Waals surface area contributed by atoms with Crippen molar-refractivity contribution in [1.29, 1.82) is 5.26 Å². The zero-order chi connectivity index (χ0) is 11.5. The Morgan fingerprint density at radius 2 is 2.27 bits per heavy atom. The van der Waals surface area contributed by atoms with Gasteiger partial charge in [0.25, 0.3) is 0 Å². The fourth-order valence-corrected chi connectivity index (χ4v) is 1.48. The van der Waals surface area contributed by atoms with E-state index in [1.165, 1.54) is 0 Å². The molecule has 1 rings (SSSR count). The van der Waals surface area contributed by atoms with E-state index in [-0.39, 0.29) is 19.5 Å². The fourth-order valence-electron chi connectivity index (χ4n) is 1.48. The van der Waals surface area contributed by atoms with Crippen LogP contribution in [0.25, 0.3) is 0 Å². The molecule has 4 nitrogen and oxygen atoms in total. The zero-order valence-electron chi connectivity index (χ0n) is 7.84. The molecule has 15 heavy (non-hydrogen) atoms. The molecular formula is C8H10F3N3O. The average molecular weight is 221 g/mol. The van der Waals surface area contributed by atoms with Crippen LogP contribution in [0.1, 0.15) is 6.42 Å². The number of alkyl halides is 3. The lowest BCUT2D eigenvalue weighted by molar-refractivity contribution is -0.188. The van der Waals surface area contributed by atoms with Gasteiger partial charge in [-0.2, -0.15) is 18.4 Å². The molecule has 0 aromatic heterocycles. The van der Waals surface area contributed by atoms with E-state index >= 15 is 0 Å². The summed E-state index contributed by atoms with van der Waals surface area (Å²) in [6.45, 7) is 0.545. The van der Waals surface area contributed by atoms with E-state index in [1.54, 1.807) is 6.07 Å². The van der Waals surface area contributed by atoms with E-state index in [0.29, 0.717) is 6.54 Å². The third-order valence-corrected chi connectivity index (χ3v) is 2.18. The summed E-state index contributed by atoms with van der Waals surface area (Å²) < 4.78 is 36.5. The number of nitrogens with zero attached hydrogens (tertiary/aromatic N) is 2. The maximum atomic E-state index is 12.2. The molecule has 1 saturated heterocycles. The van der Waals surface area contributed by atoms with Crippen LogP contribution >= 0.6 is 0 Å². The van der Waals surface area contributed by atoms with Crippen molar-refractivity contribution in [3.05, 3.63) is 0 Å². The molecule has 1 fully saturated rings. The summed E-state index contributed by atoms with van der Waals surface area (Å²) in [7, 11) is 0. The number of hydrogen-bond donors (Lipinski definition) is 1. The van der Waals surface area contributed by atoms with Gasteiger partial charge in [0.1, 0.15) is 0 Å². The molecule has 1 N–H and O–H groups in total. The van der Waals surface area contributed by atoms with Crippen molar-refractivity contribution in [2.75, 3.05) is 19.6 Å². The minimum atomic E-state index is -4.86. The van der Waals surface area contributed by atoms with Gasteiger partial charge in [-0.25, -0.2) is 0 Å². The number of nitrogens with one attached hydrogen (secondary N) is 1. The second-order valence-corrected chi connectivity index (χ2v) is 3.22. The predicted molar refractivity (Wildman–Crippen MR) is 44.7 cm³/mol. The standard InChI is InChI=1S/C8H10F3N3O/c9-8(10,11)7(15)14-4-3-13-5-6(14)1-2-12/h6,13H,1,3-5H2/t6-/m0/s1. The number of amides is 1. The van der Waals surface area contributed by atoms with Gasteiger partial charge in [0.15, 0.2) is 0 Å². The van der Waals surface area contributed by atoms with Crippen LogP contribution < -0.4 is 5.32 Å². The minimum Gasteiger partial charge on any atom is -0.328 e. The van der Waals surface area contributed by atoms with Crippen molar-refractivity contribution in [1.82, 2.24) is 10.2 Å². The van der Waals surface area contributed by atoms with Gasteiger partial charge in [-0.1, -0.05) is 0 Å². The van der Waals surface area contributed by atoms with Crippen LogP contribution in [-0.4, -0.2) is 42.7 Å². The van der Waals surface area contributed by atoms with Crippen LogP contribution in [-0.2, 0) is 4.79 Å². The van der Waals surface area contributed by atoms with Gasteiger partial charge in [-0.05, 0) is 0 Å². The van der Waals surface area contributed by atoms with Crippen LogP contribution in [0.3, 0.4) is 0 Å². The third-order valence-electron chi connectivity index (χ3n) is 2.18. The van der Waals surface area contributed by atoms with Crippen LogP contribution in [0, 0.1) is 11.3 Å². The van der Waals surface area contributed by atoms with Gasteiger partial charge in [-0.3, -0.25) is 4.79 Å². The number of carbonyl (C=O) groups excluding carboxylic acids is 1. The van der Waals surface area contributed by atoms with Gasteiger partial charge in [0, 0.05) is 19.6 Å². The first kappa shape index (κ1) is 11.8. The van der Waals surface area contributed by atoms with Crippen molar-refractivity contribution >= 4 is 5.91 Å². The summed E-state index contributed by atoms with van der Waals surface area (Å²) >= 11 is 0. The van der Waals surface area contributed by atoms with Crippen molar-refractivity contribution in [3.8, 4) is 6.07 Å². The number of nitriles is 1. The Kier molecular flexibility index (Phi) is 3.52. The van der Waals surface area contributed by atoms with Gasteiger partial charge >= 0.3 is 12.1 Å². The summed E-state index contributed by atoms with van der Waals surface area (Å²) in [5.74, 6) is -1.86. The lowest BCUT2D eigenvalue weighted by atomic mass is 10.1. The van der Waals surface area contributed by atoms with Crippen molar-refractivity contribution in [2.45, 2.75) is 18.6 Å². The number of hydrogen-bond acceptors (Lipinski definition) is 3. The monoisotopic (exact) mass is 221 g/mol.